The van der Waals surface area contributed by atoms with Gasteiger partial charge >= 0.3 is 0 Å². The van der Waals surface area contributed by atoms with Crippen molar-refractivity contribution in [3.8, 4) is 0 Å². The minimum absolute atomic E-state index is 0.0325. The van der Waals surface area contributed by atoms with Crippen LogP contribution in [0.2, 0.25) is 0 Å². The second kappa shape index (κ2) is 7.81. The van der Waals surface area contributed by atoms with Crippen LogP contribution in [0, 0.1) is 6.92 Å². The summed E-state index contributed by atoms with van der Waals surface area (Å²) < 4.78 is 0. The number of aryl methyl sites for hydroxylation is 1. The Labute approximate surface area is 150 Å². The lowest BCUT2D eigenvalue weighted by Crippen LogP contribution is -2.47. The van der Waals surface area contributed by atoms with E-state index in [4.69, 9.17) is 0 Å². The molecule has 0 unspecified atom stereocenters. The third kappa shape index (κ3) is 3.76. The van der Waals surface area contributed by atoms with Crippen molar-refractivity contribution in [3.05, 3.63) is 65.5 Å². The Balaban J connectivity index is 1.87. The van der Waals surface area contributed by atoms with Gasteiger partial charge in [-0.3, -0.25) is 9.78 Å². The summed E-state index contributed by atoms with van der Waals surface area (Å²) in [6.07, 6.45) is 7.98. The summed E-state index contributed by atoms with van der Waals surface area (Å²) in [5, 5.41) is 3.32. The van der Waals surface area contributed by atoms with Crippen LogP contribution in [-0.4, -0.2) is 10.9 Å². The largest absolute Gasteiger partial charge is 0.347 e. The minimum Gasteiger partial charge on any atom is -0.347 e. The van der Waals surface area contributed by atoms with Gasteiger partial charge in [-0.25, -0.2) is 0 Å². The van der Waals surface area contributed by atoms with Crippen LogP contribution in [0.5, 0.6) is 0 Å². The lowest BCUT2D eigenvalue weighted by molar-refractivity contribution is -0.129. The SMILES string of the molecule is CC[C@@H](NC(=O)C1(c2ccccc2)CCCCC1)c1cc(C)ccn1. The van der Waals surface area contributed by atoms with Crippen LogP contribution in [0.25, 0.3) is 0 Å². The summed E-state index contributed by atoms with van der Waals surface area (Å²) in [6.45, 7) is 4.16. The van der Waals surface area contributed by atoms with Crippen molar-refractivity contribution in [2.24, 2.45) is 0 Å². The molecule has 1 aliphatic carbocycles. The first kappa shape index (κ1) is 17.7. The van der Waals surface area contributed by atoms with E-state index in [1.165, 1.54) is 12.0 Å². The average Bonchev–Trinajstić information content (AvgIpc) is 2.67. The number of nitrogens with one attached hydrogen (secondary N) is 1. The standard InChI is InChI=1S/C22H28N2O/c1-3-19(20-16-17(2)12-15-23-20)24-21(25)22(13-8-5-9-14-22)18-10-6-4-7-11-18/h4,6-7,10-12,15-16,19H,3,5,8-9,13-14H2,1-2H3,(H,24,25)/t19-/m1/s1. The molecule has 1 heterocycles. The van der Waals surface area contributed by atoms with E-state index in [0.29, 0.717) is 0 Å². The molecule has 132 valence electrons. The fourth-order valence-corrected chi connectivity index (χ4v) is 3.99. The van der Waals surface area contributed by atoms with Gasteiger partial charge < -0.3 is 5.32 Å². The Kier molecular flexibility index (Phi) is 5.52. The third-order valence-electron chi connectivity index (χ3n) is 5.48. The van der Waals surface area contributed by atoms with E-state index >= 15 is 0 Å². The van der Waals surface area contributed by atoms with E-state index in [1.54, 1.807) is 0 Å². The van der Waals surface area contributed by atoms with Crippen molar-refractivity contribution in [3.63, 3.8) is 0 Å². The summed E-state index contributed by atoms with van der Waals surface area (Å²) >= 11 is 0. The number of benzene rings is 1. The lowest BCUT2D eigenvalue weighted by atomic mass is 9.68. The summed E-state index contributed by atoms with van der Waals surface area (Å²) in [5.41, 5.74) is 2.89. The van der Waals surface area contributed by atoms with Crippen molar-refractivity contribution in [1.82, 2.24) is 10.3 Å². The molecule has 25 heavy (non-hydrogen) atoms. The number of rotatable bonds is 5. The highest BCUT2D eigenvalue weighted by molar-refractivity contribution is 5.88. The highest BCUT2D eigenvalue weighted by Crippen LogP contribution is 2.40. The quantitative estimate of drug-likeness (QED) is 0.847. The fourth-order valence-electron chi connectivity index (χ4n) is 3.99. The molecule has 0 spiro atoms. The van der Waals surface area contributed by atoms with Gasteiger partial charge in [0.1, 0.15) is 0 Å². The van der Waals surface area contributed by atoms with Crippen molar-refractivity contribution in [2.75, 3.05) is 0 Å². The number of carbonyl (C=O) groups excluding carboxylic acids is 1. The molecule has 0 saturated heterocycles. The molecule has 3 nitrogen and oxygen atoms in total. The molecule has 1 aliphatic rings. The van der Waals surface area contributed by atoms with Gasteiger partial charge in [0.15, 0.2) is 0 Å². The molecule has 1 N–H and O–H groups in total. The highest BCUT2D eigenvalue weighted by Gasteiger charge is 2.41. The van der Waals surface area contributed by atoms with Crippen LogP contribution in [0.1, 0.15) is 68.3 Å². The number of hydrogen-bond acceptors (Lipinski definition) is 2. The number of nitrogens with zero attached hydrogens (tertiary/aromatic N) is 1. The van der Waals surface area contributed by atoms with Crippen molar-refractivity contribution in [1.29, 1.82) is 0 Å². The molecule has 3 heteroatoms. The van der Waals surface area contributed by atoms with Crippen LogP contribution in [0.4, 0.5) is 0 Å². The van der Waals surface area contributed by atoms with Gasteiger partial charge in [0.05, 0.1) is 17.2 Å². The highest BCUT2D eigenvalue weighted by atomic mass is 16.2. The van der Waals surface area contributed by atoms with E-state index in [1.807, 2.05) is 30.5 Å². The maximum atomic E-state index is 13.4. The van der Waals surface area contributed by atoms with Crippen LogP contribution in [0.3, 0.4) is 0 Å². The van der Waals surface area contributed by atoms with Crippen LogP contribution in [-0.2, 0) is 10.2 Å². The zero-order valence-corrected chi connectivity index (χ0v) is 15.3. The zero-order chi connectivity index (χ0) is 17.7. The molecule has 1 amide bonds. The van der Waals surface area contributed by atoms with Gasteiger partial charge in [-0.1, -0.05) is 56.5 Å². The molecule has 1 aromatic carbocycles. The fraction of sp³-hybridized carbons (Fsp3) is 0.455. The van der Waals surface area contributed by atoms with Crippen molar-refractivity contribution in [2.45, 2.75) is 63.8 Å². The molecule has 1 saturated carbocycles. The summed E-state index contributed by atoms with van der Waals surface area (Å²) in [7, 11) is 0. The van der Waals surface area contributed by atoms with Crippen LogP contribution in [0.15, 0.2) is 48.7 Å². The summed E-state index contributed by atoms with van der Waals surface area (Å²) in [5.74, 6) is 0.161. The first-order valence-electron chi connectivity index (χ1n) is 9.45. The zero-order valence-electron chi connectivity index (χ0n) is 15.3. The second-order valence-electron chi connectivity index (χ2n) is 7.20. The molecule has 0 aliphatic heterocycles. The molecule has 1 atom stereocenters. The average molecular weight is 336 g/mol. The van der Waals surface area contributed by atoms with Gasteiger partial charge in [-0.05, 0) is 49.4 Å². The van der Waals surface area contributed by atoms with E-state index in [0.717, 1.165) is 43.4 Å². The van der Waals surface area contributed by atoms with E-state index in [-0.39, 0.29) is 11.9 Å². The Morgan fingerprint density at radius 1 is 1.16 bits per heavy atom. The molecule has 1 fully saturated rings. The third-order valence-corrected chi connectivity index (χ3v) is 5.48. The van der Waals surface area contributed by atoms with Crippen molar-refractivity contribution < 1.29 is 4.79 Å². The second-order valence-corrected chi connectivity index (χ2v) is 7.20. The maximum absolute atomic E-state index is 13.4. The van der Waals surface area contributed by atoms with Gasteiger partial charge in [0.2, 0.25) is 5.91 Å². The summed E-state index contributed by atoms with van der Waals surface area (Å²) in [4.78, 5) is 17.9. The molecule has 3 rings (SSSR count). The Hall–Kier alpha value is -2.16. The topological polar surface area (TPSA) is 42.0 Å². The van der Waals surface area contributed by atoms with E-state index < -0.39 is 5.41 Å². The van der Waals surface area contributed by atoms with Gasteiger partial charge in [-0.15, -0.1) is 0 Å². The van der Waals surface area contributed by atoms with Gasteiger partial charge in [0, 0.05) is 6.20 Å². The van der Waals surface area contributed by atoms with Gasteiger partial charge in [0.25, 0.3) is 0 Å². The van der Waals surface area contributed by atoms with E-state index in [9.17, 15) is 4.79 Å². The number of carbonyl (C=O) groups is 1. The normalized spacial score (nSPS) is 17.7. The number of pyridine rings is 1. The monoisotopic (exact) mass is 336 g/mol. The summed E-state index contributed by atoms with van der Waals surface area (Å²) in [6, 6.07) is 14.3. The number of amides is 1. The maximum Gasteiger partial charge on any atom is 0.231 e. The van der Waals surface area contributed by atoms with Crippen molar-refractivity contribution >= 4 is 5.91 Å². The Morgan fingerprint density at radius 2 is 1.88 bits per heavy atom. The minimum atomic E-state index is -0.392. The van der Waals surface area contributed by atoms with E-state index in [2.05, 4.69) is 42.3 Å². The smallest absolute Gasteiger partial charge is 0.231 e. The van der Waals surface area contributed by atoms with Crippen LogP contribution < -0.4 is 5.32 Å². The lowest BCUT2D eigenvalue weighted by Gasteiger charge is -2.37. The predicted molar refractivity (Wildman–Crippen MR) is 101 cm³/mol. The molecule has 0 bridgehead atoms. The first-order chi connectivity index (χ1) is 12.2. The number of hydrogen-bond donors (Lipinski definition) is 1. The molecule has 2 aromatic rings. The Morgan fingerprint density at radius 3 is 2.52 bits per heavy atom. The van der Waals surface area contributed by atoms with Gasteiger partial charge in [-0.2, -0.15) is 0 Å². The molecule has 0 radical (unpaired) electrons. The van der Waals surface area contributed by atoms with Crippen LogP contribution >= 0.6 is 0 Å². The first-order valence-corrected chi connectivity index (χ1v) is 9.45. The molecule has 1 aromatic heterocycles. The number of aromatic nitrogens is 1. The molecular formula is C22H28N2O. The Bertz CT molecular complexity index is 705. The molecular weight excluding hydrogens is 308 g/mol. The predicted octanol–water partition coefficient (Wildman–Crippen LogP) is 4.86.